The predicted molar refractivity (Wildman–Crippen MR) is 111 cm³/mol. The molecule has 0 saturated carbocycles. The van der Waals surface area contributed by atoms with Crippen LogP contribution >= 0.6 is 0 Å². The lowest BCUT2D eigenvalue weighted by Gasteiger charge is -2.39. The minimum atomic E-state index is -3.88. The maximum absolute atomic E-state index is 12.6. The van der Waals surface area contributed by atoms with Gasteiger partial charge in [0, 0.05) is 42.9 Å². The lowest BCUT2D eigenvalue weighted by Crippen LogP contribution is -2.49. The molecule has 158 valence electrons. The van der Waals surface area contributed by atoms with Crippen LogP contribution in [-0.2, 0) is 15.6 Å². The SMILES string of the molecule is NS(=O)(=O)N1CC2(CCN(C(=O)Nc3ccc([N+](=O)[O-])cc3)CC2)c2ccccc21. The van der Waals surface area contributed by atoms with Crippen molar-refractivity contribution in [1.82, 2.24) is 4.90 Å². The summed E-state index contributed by atoms with van der Waals surface area (Å²) in [6.07, 6.45) is 1.20. The van der Waals surface area contributed by atoms with E-state index in [1.54, 1.807) is 17.0 Å². The molecule has 2 aromatic carbocycles. The number of anilines is 2. The van der Waals surface area contributed by atoms with Crippen molar-refractivity contribution in [3.05, 3.63) is 64.2 Å². The van der Waals surface area contributed by atoms with E-state index >= 15 is 0 Å². The summed E-state index contributed by atoms with van der Waals surface area (Å²) < 4.78 is 25.3. The molecule has 1 saturated heterocycles. The van der Waals surface area contributed by atoms with Gasteiger partial charge >= 0.3 is 6.03 Å². The third-order valence-electron chi connectivity index (χ3n) is 5.83. The van der Waals surface area contributed by atoms with E-state index in [9.17, 15) is 23.3 Å². The quantitative estimate of drug-likeness (QED) is 0.566. The largest absolute Gasteiger partial charge is 0.324 e. The van der Waals surface area contributed by atoms with Gasteiger partial charge in [-0.15, -0.1) is 0 Å². The number of para-hydroxylation sites is 1. The number of piperidine rings is 1. The maximum Gasteiger partial charge on any atom is 0.321 e. The van der Waals surface area contributed by atoms with Gasteiger partial charge < -0.3 is 10.2 Å². The van der Waals surface area contributed by atoms with Gasteiger partial charge in [0.1, 0.15) is 0 Å². The number of amides is 2. The van der Waals surface area contributed by atoms with Crippen molar-refractivity contribution in [2.75, 3.05) is 29.3 Å². The highest BCUT2D eigenvalue weighted by Gasteiger charge is 2.47. The minimum Gasteiger partial charge on any atom is -0.324 e. The number of urea groups is 1. The number of nitro benzene ring substituents is 1. The van der Waals surface area contributed by atoms with E-state index in [0.29, 0.717) is 37.3 Å². The van der Waals surface area contributed by atoms with Crippen LogP contribution in [0.3, 0.4) is 0 Å². The first-order chi connectivity index (χ1) is 14.2. The van der Waals surface area contributed by atoms with Crippen LogP contribution in [0.25, 0.3) is 0 Å². The Morgan fingerprint density at radius 3 is 2.33 bits per heavy atom. The molecule has 0 atom stereocenters. The van der Waals surface area contributed by atoms with Gasteiger partial charge in [0.05, 0.1) is 10.6 Å². The lowest BCUT2D eigenvalue weighted by atomic mass is 9.74. The lowest BCUT2D eigenvalue weighted by molar-refractivity contribution is -0.384. The zero-order chi connectivity index (χ0) is 21.5. The summed E-state index contributed by atoms with van der Waals surface area (Å²) in [6, 6.07) is 12.7. The highest BCUT2D eigenvalue weighted by molar-refractivity contribution is 7.90. The molecular weight excluding hydrogens is 410 g/mol. The minimum absolute atomic E-state index is 0.0489. The molecule has 1 spiro atoms. The fourth-order valence-corrected chi connectivity index (χ4v) is 5.11. The number of hydrogen-bond acceptors (Lipinski definition) is 5. The summed E-state index contributed by atoms with van der Waals surface area (Å²) in [5, 5.41) is 18.9. The first-order valence-electron chi connectivity index (χ1n) is 9.40. The summed E-state index contributed by atoms with van der Waals surface area (Å²) in [4.78, 5) is 24.5. The molecule has 0 radical (unpaired) electrons. The van der Waals surface area contributed by atoms with Crippen molar-refractivity contribution < 1.29 is 18.1 Å². The molecule has 10 nitrogen and oxygen atoms in total. The van der Waals surface area contributed by atoms with Gasteiger partial charge in [-0.25, -0.2) is 9.93 Å². The van der Waals surface area contributed by atoms with Crippen LogP contribution in [0.15, 0.2) is 48.5 Å². The van der Waals surface area contributed by atoms with Crippen LogP contribution in [0.1, 0.15) is 18.4 Å². The van der Waals surface area contributed by atoms with Crippen LogP contribution in [-0.4, -0.2) is 43.9 Å². The van der Waals surface area contributed by atoms with E-state index in [1.165, 1.54) is 28.6 Å². The zero-order valence-electron chi connectivity index (χ0n) is 16.0. The molecule has 2 heterocycles. The topological polar surface area (TPSA) is 139 Å². The Labute approximate surface area is 173 Å². The molecule has 0 aromatic heterocycles. The van der Waals surface area contributed by atoms with Gasteiger partial charge in [-0.05, 0) is 36.6 Å². The van der Waals surface area contributed by atoms with Crippen molar-refractivity contribution in [3.8, 4) is 0 Å². The smallest absolute Gasteiger partial charge is 0.321 e. The number of carbonyl (C=O) groups excluding carboxylic acids is 1. The first kappa shape index (κ1) is 20.1. The molecule has 11 heteroatoms. The number of likely N-dealkylation sites (tertiary alicyclic amines) is 1. The molecule has 0 bridgehead atoms. The average Bonchev–Trinajstić information content (AvgIpc) is 3.04. The summed E-state index contributed by atoms with van der Waals surface area (Å²) in [5.41, 5.74) is 1.58. The number of rotatable bonds is 3. The van der Waals surface area contributed by atoms with Crippen molar-refractivity contribution in [1.29, 1.82) is 0 Å². The fraction of sp³-hybridized carbons (Fsp3) is 0.316. The van der Waals surface area contributed by atoms with Crippen molar-refractivity contribution in [3.63, 3.8) is 0 Å². The van der Waals surface area contributed by atoms with Crippen LogP contribution < -0.4 is 14.8 Å². The third kappa shape index (κ3) is 3.57. The maximum atomic E-state index is 12.6. The monoisotopic (exact) mass is 431 g/mol. The van der Waals surface area contributed by atoms with Gasteiger partial charge in [0.25, 0.3) is 15.9 Å². The van der Waals surface area contributed by atoms with Gasteiger partial charge in [0.2, 0.25) is 0 Å². The molecule has 1 fully saturated rings. The molecule has 0 aliphatic carbocycles. The molecule has 3 N–H and O–H groups in total. The number of hydrogen-bond donors (Lipinski definition) is 2. The number of fused-ring (bicyclic) bond motifs is 2. The average molecular weight is 431 g/mol. The Hall–Kier alpha value is -3.18. The van der Waals surface area contributed by atoms with E-state index in [-0.39, 0.29) is 23.7 Å². The zero-order valence-corrected chi connectivity index (χ0v) is 16.8. The summed E-state index contributed by atoms with van der Waals surface area (Å²) in [7, 11) is -3.88. The summed E-state index contributed by atoms with van der Waals surface area (Å²) in [5.74, 6) is 0. The number of non-ortho nitro benzene ring substituents is 1. The Balaban J connectivity index is 1.46. The fourth-order valence-electron chi connectivity index (χ4n) is 4.25. The Morgan fingerprint density at radius 1 is 1.10 bits per heavy atom. The van der Waals surface area contributed by atoms with E-state index < -0.39 is 15.1 Å². The number of nitrogens with one attached hydrogen (secondary N) is 1. The van der Waals surface area contributed by atoms with Crippen LogP contribution in [0.4, 0.5) is 21.9 Å². The van der Waals surface area contributed by atoms with Crippen LogP contribution in [0.2, 0.25) is 0 Å². The van der Waals surface area contributed by atoms with E-state index in [0.717, 1.165) is 5.56 Å². The number of nitrogens with two attached hydrogens (primary N) is 1. The van der Waals surface area contributed by atoms with Crippen LogP contribution in [0.5, 0.6) is 0 Å². The second-order valence-corrected chi connectivity index (χ2v) is 9.04. The second kappa shape index (κ2) is 7.26. The van der Waals surface area contributed by atoms with Crippen LogP contribution in [0, 0.1) is 10.1 Å². The molecule has 30 heavy (non-hydrogen) atoms. The molecule has 2 amide bonds. The highest BCUT2D eigenvalue weighted by atomic mass is 32.2. The van der Waals surface area contributed by atoms with Gasteiger partial charge in [-0.1, -0.05) is 18.2 Å². The molecule has 0 unspecified atom stereocenters. The first-order valence-corrected chi connectivity index (χ1v) is 10.9. The standard InChI is InChI=1S/C19H21N5O5S/c20-30(28,29)23-13-19(16-3-1-2-4-17(16)23)9-11-22(12-10-19)18(25)21-14-5-7-15(8-6-14)24(26)27/h1-8H,9-13H2,(H,21,25)(H2,20,28,29). The molecular formula is C19H21N5O5S. The summed E-state index contributed by atoms with van der Waals surface area (Å²) in [6.45, 7) is 1.17. The van der Waals surface area contributed by atoms with E-state index in [1.807, 2.05) is 12.1 Å². The Morgan fingerprint density at radius 2 is 1.73 bits per heavy atom. The molecule has 2 aliphatic heterocycles. The molecule has 4 rings (SSSR count). The highest BCUT2D eigenvalue weighted by Crippen LogP contribution is 2.47. The normalized spacial score (nSPS) is 17.6. The van der Waals surface area contributed by atoms with E-state index in [2.05, 4.69) is 5.32 Å². The molecule has 2 aliphatic rings. The van der Waals surface area contributed by atoms with Gasteiger partial charge in [0.15, 0.2) is 0 Å². The van der Waals surface area contributed by atoms with Gasteiger partial charge in [-0.3, -0.25) is 14.4 Å². The molecule has 2 aromatic rings. The van der Waals surface area contributed by atoms with Crippen molar-refractivity contribution in [2.24, 2.45) is 5.14 Å². The Kier molecular flexibility index (Phi) is 4.86. The van der Waals surface area contributed by atoms with Crippen molar-refractivity contribution >= 4 is 33.3 Å². The number of carbonyl (C=O) groups is 1. The van der Waals surface area contributed by atoms with E-state index in [4.69, 9.17) is 5.14 Å². The van der Waals surface area contributed by atoms with Gasteiger partial charge in [-0.2, -0.15) is 8.42 Å². The van der Waals surface area contributed by atoms with Crippen molar-refractivity contribution in [2.45, 2.75) is 18.3 Å². The second-order valence-electron chi connectivity index (χ2n) is 7.57. The number of benzene rings is 2. The number of nitro groups is 1. The number of nitrogens with zero attached hydrogens (tertiary/aromatic N) is 3. The Bertz CT molecular complexity index is 1090. The summed E-state index contributed by atoms with van der Waals surface area (Å²) >= 11 is 0. The predicted octanol–water partition coefficient (Wildman–Crippen LogP) is 2.18. The third-order valence-corrected chi connectivity index (χ3v) is 6.77.